The summed E-state index contributed by atoms with van der Waals surface area (Å²) < 4.78 is 38.3. The molecule has 0 bridgehead atoms. The van der Waals surface area contributed by atoms with E-state index >= 15 is 0 Å². The lowest BCUT2D eigenvalue weighted by atomic mass is 10.2. The van der Waals surface area contributed by atoms with Gasteiger partial charge in [0.2, 0.25) is 5.91 Å². The summed E-state index contributed by atoms with van der Waals surface area (Å²) in [6.07, 6.45) is -4.57. The molecule has 0 fully saturated rings. The molecule has 0 aliphatic rings. The summed E-state index contributed by atoms with van der Waals surface area (Å²) in [5.41, 5.74) is 0. The van der Waals surface area contributed by atoms with E-state index in [4.69, 9.17) is 0 Å². The first kappa shape index (κ1) is 14.5. The van der Waals surface area contributed by atoms with Crippen molar-refractivity contribution >= 4 is 14.1 Å². The number of rotatable bonds is 1. The molecule has 1 amide bonds. The van der Waals surface area contributed by atoms with Crippen molar-refractivity contribution in [3.63, 3.8) is 0 Å². The van der Waals surface area contributed by atoms with Crippen molar-refractivity contribution in [2.24, 2.45) is 0 Å². The number of hydrogen-bond acceptors (Lipinski definition) is 1. The molecule has 0 N–H and O–H groups in total. The summed E-state index contributed by atoms with van der Waals surface area (Å²) in [5.74, 6) is -0.922. The van der Waals surface area contributed by atoms with Crippen molar-refractivity contribution in [2.45, 2.75) is 52.1 Å². The minimum absolute atomic E-state index is 0.125. The number of halogens is 3. The molecule has 0 aliphatic heterocycles. The molecule has 90 valence electrons. The highest BCUT2D eigenvalue weighted by Crippen LogP contribution is 2.42. The van der Waals surface area contributed by atoms with Crippen LogP contribution in [0.3, 0.4) is 0 Å². The lowest BCUT2D eigenvalue weighted by Gasteiger charge is -2.45. The second kappa shape index (κ2) is 3.81. The van der Waals surface area contributed by atoms with Crippen molar-refractivity contribution < 1.29 is 18.0 Å². The van der Waals surface area contributed by atoms with E-state index in [1.54, 1.807) is 33.9 Å². The molecule has 0 saturated heterocycles. The fourth-order valence-electron chi connectivity index (χ4n) is 1.22. The van der Waals surface area contributed by atoms with Crippen molar-refractivity contribution in [2.75, 3.05) is 0 Å². The van der Waals surface area contributed by atoms with Crippen LogP contribution in [0.1, 0.15) is 27.7 Å². The van der Waals surface area contributed by atoms with Gasteiger partial charge in [-0.2, -0.15) is 13.2 Å². The zero-order valence-electron chi connectivity index (χ0n) is 9.99. The average Bonchev–Trinajstić information content (AvgIpc) is 1.76. The van der Waals surface area contributed by atoms with Crippen LogP contribution in [-0.2, 0) is 4.79 Å². The average molecular weight is 241 g/mol. The quantitative estimate of drug-likeness (QED) is 0.509. The SMILES string of the molecule is CC(=O)N(C(F)(F)F)[Si](C)(C)C(C)(C)C. The third-order valence-electron chi connectivity index (χ3n) is 2.96. The van der Waals surface area contributed by atoms with Gasteiger partial charge in [0, 0.05) is 6.92 Å². The first-order valence-electron chi connectivity index (χ1n) is 4.69. The molecule has 0 atom stereocenters. The van der Waals surface area contributed by atoms with Gasteiger partial charge in [-0.25, -0.2) is 0 Å². The molecule has 0 spiro atoms. The van der Waals surface area contributed by atoms with Gasteiger partial charge in [-0.15, -0.1) is 0 Å². The predicted molar refractivity (Wildman–Crippen MR) is 55.8 cm³/mol. The highest BCUT2D eigenvalue weighted by atomic mass is 28.3. The Bertz CT molecular complexity index is 255. The summed E-state index contributed by atoms with van der Waals surface area (Å²) in [6.45, 7) is 9.29. The van der Waals surface area contributed by atoms with Gasteiger partial charge < -0.3 is 0 Å². The summed E-state index contributed by atoms with van der Waals surface area (Å²) in [6, 6.07) is 0. The fourth-order valence-corrected chi connectivity index (χ4v) is 3.32. The van der Waals surface area contributed by atoms with E-state index in [2.05, 4.69) is 0 Å². The van der Waals surface area contributed by atoms with Crippen molar-refractivity contribution in [3.05, 3.63) is 0 Å². The van der Waals surface area contributed by atoms with Crippen molar-refractivity contribution in [3.8, 4) is 0 Å². The van der Waals surface area contributed by atoms with E-state index in [9.17, 15) is 18.0 Å². The van der Waals surface area contributed by atoms with Gasteiger partial charge in [-0.1, -0.05) is 33.9 Å². The third kappa shape index (κ3) is 2.96. The molecule has 0 saturated carbocycles. The number of nitrogens with zero attached hydrogens (tertiary/aromatic N) is 1. The molecule has 0 rings (SSSR count). The topological polar surface area (TPSA) is 20.3 Å². The maximum absolute atomic E-state index is 12.7. The minimum Gasteiger partial charge on any atom is -0.284 e. The maximum Gasteiger partial charge on any atom is 0.479 e. The Kier molecular flexibility index (Phi) is 3.67. The van der Waals surface area contributed by atoms with E-state index in [0.29, 0.717) is 0 Å². The standard InChI is InChI=1S/C9H18F3NOSi/c1-7(14)13(9(10,11)12)15(5,6)8(2,3)4/h1-6H3. The largest absolute Gasteiger partial charge is 0.479 e. The Hall–Kier alpha value is -0.523. The minimum atomic E-state index is -4.57. The second-order valence-electron chi connectivity index (χ2n) is 5.13. The molecule has 15 heavy (non-hydrogen) atoms. The van der Waals surface area contributed by atoms with E-state index in [0.717, 1.165) is 6.92 Å². The first-order chi connectivity index (χ1) is 6.32. The Morgan fingerprint density at radius 3 is 1.53 bits per heavy atom. The molecule has 0 aromatic carbocycles. The monoisotopic (exact) mass is 241 g/mol. The summed E-state index contributed by atoms with van der Waals surface area (Å²) >= 11 is 0. The Morgan fingerprint density at radius 2 is 1.47 bits per heavy atom. The summed E-state index contributed by atoms with van der Waals surface area (Å²) in [4.78, 5) is 11.1. The van der Waals surface area contributed by atoms with Gasteiger partial charge >= 0.3 is 6.30 Å². The lowest BCUT2D eigenvalue weighted by molar-refractivity contribution is -0.216. The van der Waals surface area contributed by atoms with Crippen molar-refractivity contribution in [1.29, 1.82) is 0 Å². The normalized spacial score (nSPS) is 13.9. The molecular formula is C9H18F3NOSi. The molecular weight excluding hydrogens is 223 g/mol. The second-order valence-corrected chi connectivity index (χ2v) is 10.2. The van der Waals surface area contributed by atoms with Crippen LogP contribution in [0.25, 0.3) is 0 Å². The van der Waals surface area contributed by atoms with Crippen LogP contribution in [0.2, 0.25) is 18.1 Å². The van der Waals surface area contributed by atoms with E-state index in [-0.39, 0.29) is 4.57 Å². The smallest absolute Gasteiger partial charge is 0.284 e. The Labute approximate surface area is 89.5 Å². The molecule has 0 aromatic rings. The van der Waals surface area contributed by atoms with Gasteiger partial charge in [-0.3, -0.25) is 9.36 Å². The van der Waals surface area contributed by atoms with Crippen LogP contribution in [0.4, 0.5) is 13.2 Å². The van der Waals surface area contributed by atoms with E-state index in [1.165, 1.54) is 0 Å². The molecule has 0 heterocycles. The molecule has 0 radical (unpaired) electrons. The summed E-state index contributed by atoms with van der Waals surface area (Å²) in [5, 5.41) is -0.520. The Morgan fingerprint density at radius 1 is 1.13 bits per heavy atom. The molecule has 2 nitrogen and oxygen atoms in total. The summed E-state index contributed by atoms with van der Waals surface area (Å²) in [7, 11) is -2.87. The van der Waals surface area contributed by atoms with Crippen LogP contribution in [-0.4, -0.2) is 25.0 Å². The number of carbonyl (C=O) groups is 1. The number of alkyl halides is 3. The number of hydrogen-bond donors (Lipinski definition) is 0. The van der Waals surface area contributed by atoms with E-state index in [1.807, 2.05) is 0 Å². The first-order valence-corrected chi connectivity index (χ1v) is 7.64. The number of carbonyl (C=O) groups excluding carboxylic acids is 1. The highest BCUT2D eigenvalue weighted by Gasteiger charge is 2.54. The van der Waals surface area contributed by atoms with Gasteiger partial charge in [0.25, 0.3) is 0 Å². The van der Waals surface area contributed by atoms with Gasteiger partial charge in [0.15, 0.2) is 8.24 Å². The van der Waals surface area contributed by atoms with Gasteiger partial charge in [0.05, 0.1) is 0 Å². The molecule has 0 aliphatic carbocycles. The highest BCUT2D eigenvalue weighted by molar-refractivity contribution is 6.79. The third-order valence-corrected chi connectivity index (χ3v) is 8.32. The maximum atomic E-state index is 12.7. The molecule has 6 heteroatoms. The molecule has 0 aromatic heterocycles. The van der Waals surface area contributed by atoms with E-state index < -0.39 is 25.5 Å². The number of amides is 1. The zero-order valence-corrected chi connectivity index (χ0v) is 11.0. The zero-order chi connectivity index (χ0) is 12.7. The van der Waals surface area contributed by atoms with Crippen LogP contribution in [0.15, 0.2) is 0 Å². The van der Waals surface area contributed by atoms with Gasteiger partial charge in [-0.05, 0) is 5.04 Å². The van der Waals surface area contributed by atoms with Crippen LogP contribution < -0.4 is 0 Å². The molecule has 0 unspecified atom stereocenters. The van der Waals surface area contributed by atoms with Crippen molar-refractivity contribution in [1.82, 2.24) is 4.57 Å². The van der Waals surface area contributed by atoms with Crippen LogP contribution in [0, 0.1) is 0 Å². The van der Waals surface area contributed by atoms with Crippen LogP contribution in [0.5, 0.6) is 0 Å². The predicted octanol–water partition coefficient (Wildman–Crippen LogP) is 3.36. The Balaban J connectivity index is 5.38. The fraction of sp³-hybridized carbons (Fsp3) is 0.889. The van der Waals surface area contributed by atoms with Gasteiger partial charge in [0.1, 0.15) is 0 Å². The van der Waals surface area contributed by atoms with Crippen LogP contribution >= 0.6 is 0 Å². The lowest BCUT2D eigenvalue weighted by Crippen LogP contribution is -2.62.